The van der Waals surface area contributed by atoms with Crippen LogP contribution in [0.15, 0.2) is 60.7 Å². The fourth-order valence-corrected chi connectivity index (χ4v) is 7.52. The highest BCUT2D eigenvalue weighted by atomic mass is 28.4. The summed E-state index contributed by atoms with van der Waals surface area (Å²) in [5, 5.41) is 2.40. The summed E-state index contributed by atoms with van der Waals surface area (Å²) in [6.45, 7) is 9.67. The Morgan fingerprint density at radius 2 is 1.06 bits per heavy atom. The van der Waals surface area contributed by atoms with Gasteiger partial charge in [-0.2, -0.15) is 0 Å². The third-order valence-corrected chi connectivity index (χ3v) is 9.90. The lowest BCUT2D eigenvalue weighted by atomic mass is 10.1. The zero-order valence-electron chi connectivity index (χ0n) is 21.0. The normalized spacial score (nSPS) is 12.9. The Morgan fingerprint density at radius 3 is 1.50 bits per heavy atom. The van der Waals surface area contributed by atoms with Crippen LogP contribution in [0, 0.1) is 5.92 Å². The molecule has 2 rings (SSSR count). The molecule has 0 N–H and O–H groups in total. The van der Waals surface area contributed by atoms with Crippen molar-refractivity contribution in [3.8, 4) is 0 Å². The Kier molecular flexibility index (Phi) is 12.9. The molecule has 0 spiro atoms. The number of benzene rings is 2. The molecule has 0 heterocycles. The van der Waals surface area contributed by atoms with Gasteiger partial charge in [-0.1, -0.05) is 139 Å². The van der Waals surface area contributed by atoms with Crippen molar-refractivity contribution in [2.45, 2.75) is 98.0 Å². The van der Waals surface area contributed by atoms with Crippen LogP contribution in [0.3, 0.4) is 0 Å². The molecule has 2 nitrogen and oxygen atoms in total. The van der Waals surface area contributed by atoms with Crippen LogP contribution in [0.2, 0.25) is 0 Å². The van der Waals surface area contributed by atoms with Crippen LogP contribution in [-0.4, -0.2) is 21.3 Å². The predicted molar refractivity (Wildman–Crippen MR) is 141 cm³/mol. The van der Waals surface area contributed by atoms with Gasteiger partial charge in [0.25, 0.3) is 0 Å². The van der Waals surface area contributed by atoms with Gasteiger partial charge in [-0.05, 0) is 29.6 Å². The quantitative estimate of drug-likeness (QED) is 0.185. The van der Waals surface area contributed by atoms with Crippen molar-refractivity contribution in [1.82, 2.24) is 0 Å². The van der Waals surface area contributed by atoms with Gasteiger partial charge in [0.2, 0.25) is 0 Å². The summed E-state index contributed by atoms with van der Waals surface area (Å²) in [7, 11) is -2.77. The molecule has 1 atom stereocenters. The van der Waals surface area contributed by atoms with E-state index in [0.29, 0.717) is 5.92 Å². The van der Waals surface area contributed by atoms with Gasteiger partial charge in [0, 0.05) is 12.7 Å². The van der Waals surface area contributed by atoms with Gasteiger partial charge in [0.05, 0.1) is 0 Å². The zero-order chi connectivity index (χ0) is 23.1. The summed E-state index contributed by atoms with van der Waals surface area (Å²) >= 11 is 0. The van der Waals surface area contributed by atoms with Gasteiger partial charge in [0.15, 0.2) is 0 Å². The molecule has 0 aromatic heterocycles. The first-order chi connectivity index (χ1) is 15.6. The summed E-state index contributed by atoms with van der Waals surface area (Å²) in [5.74, 6) is 0.440. The summed E-state index contributed by atoms with van der Waals surface area (Å²) in [4.78, 5) is 0. The minimum absolute atomic E-state index is 0.134. The van der Waals surface area contributed by atoms with E-state index in [1.807, 2.05) is 0 Å². The predicted octanol–water partition coefficient (Wildman–Crippen LogP) is 7.24. The topological polar surface area (TPSA) is 18.5 Å². The van der Waals surface area contributed by atoms with Crippen molar-refractivity contribution in [2.24, 2.45) is 5.92 Å². The monoisotopic (exact) mass is 454 g/mol. The Morgan fingerprint density at radius 1 is 0.625 bits per heavy atom. The summed E-state index contributed by atoms with van der Waals surface area (Å²) in [6.07, 6.45) is 13.5. The maximum absolute atomic E-state index is 6.88. The second-order valence-corrected chi connectivity index (χ2v) is 12.4. The smallest absolute Gasteiger partial charge is 0.388 e. The Hall–Kier alpha value is -1.42. The molecule has 0 bridgehead atoms. The highest BCUT2D eigenvalue weighted by molar-refractivity contribution is 6.92. The first-order valence-electron chi connectivity index (χ1n) is 13.0. The van der Waals surface area contributed by atoms with E-state index in [0.717, 1.165) is 13.0 Å². The highest BCUT2D eigenvalue weighted by Crippen LogP contribution is 2.18. The van der Waals surface area contributed by atoms with Crippen molar-refractivity contribution in [3.05, 3.63) is 60.7 Å². The Balaban J connectivity index is 1.98. The van der Waals surface area contributed by atoms with Crippen molar-refractivity contribution in [3.63, 3.8) is 0 Å². The van der Waals surface area contributed by atoms with E-state index in [1.165, 1.54) is 68.2 Å². The summed E-state index contributed by atoms with van der Waals surface area (Å²) in [5.41, 5.74) is 0. The average Bonchev–Trinajstić information content (AvgIpc) is 2.82. The van der Waals surface area contributed by atoms with Gasteiger partial charge < -0.3 is 8.85 Å². The van der Waals surface area contributed by atoms with Crippen LogP contribution < -0.4 is 10.4 Å². The highest BCUT2D eigenvalue weighted by Gasteiger charge is 2.44. The van der Waals surface area contributed by atoms with E-state index in [9.17, 15) is 0 Å². The maximum atomic E-state index is 6.88. The molecule has 0 aliphatic rings. The first kappa shape index (κ1) is 26.8. The van der Waals surface area contributed by atoms with Crippen LogP contribution in [0.25, 0.3) is 0 Å². The van der Waals surface area contributed by atoms with E-state index >= 15 is 0 Å². The van der Waals surface area contributed by atoms with E-state index in [1.54, 1.807) is 0 Å². The minimum Gasteiger partial charge on any atom is -0.388 e. The largest absolute Gasteiger partial charge is 0.407 e. The van der Waals surface area contributed by atoms with Gasteiger partial charge in [-0.25, -0.2) is 0 Å². The Bertz CT molecular complexity index is 662. The van der Waals surface area contributed by atoms with Crippen molar-refractivity contribution >= 4 is 18.9 Å². The van der Waals surface area contributed by atoms with Gasteiger partial charge in [-0.15, -0.1) is 0 Å². The molecule has 32 heavy (non-hydrogen) atoms. The molecular formula is C29H46O2Si. The second-order valence-electron chi connectivity index (χ2n) is 9.45. The van der Waals surface area contributed by atoms with Gasteiger partial charge in [0.1, 0.15) is 0 Å². The molecular weight excluding hydrogens is 408 g/mol. The number of hydrogen-bond acceptors (Lipinski definition) is 2. The summed E-state index contributed by atoms with van der Waals surface area (Å²) in [6, 6.07) is 21.3. The van der Waals surface area contributed by atoms with Gasteiger partial charge >= 0.3 is 8.56 Å². The molecule has 0 radical (unpaired) electrons. The number of unbranched alkanes of at least 4 members (excludes halogenated alkanes) is 9. The lowest BCUT2D eigenvalue weighted by Crippen LogP contribution is -2.65. The molecule has 1 unspecified atom stereocenters. The molecule has 0 saturated carbocycles. The zero-order valence-corrected chi connectivity index (χ0v) is 22.0. The molecule has 0 aliphatic carbocycles. The fraction of sp³-hybridized carbons (Fsp3) is 0.586. The SMILES string of the molecule is CCCCCCCCCCCCO[Si](OC(C)C(C)C)(c1ccccc1)c1ccccc1. The van der Waals surface area contributed by atoms with Crippen LogP contribution in [0.5, 0.6) is 0 Å². The molecule has 0 saturated heterocycles. The Labute approximate surface area is 199 Å². The first-order valence-corrected chi connectivity index (χ1v) is 14.8. The van der Waals surface area contributed by atoms with E-state index < -0.39 is 8.56 Å². The third-order valence-electron chi connectivity index (χ3n) is 6.40. The second kappa shape index (κ2) is 15.4. The third kappa shape index (κ3) is 8.84. The average molecular weight is 455 g/mol. The van der Waals surface area contributed by atoms with Crippen LogP contribution >= 0.6 is 0 Å². The molecule has 3 heteroatoms. The number of rotatable bonds is 17. The van der Waals surface area contributed by atoms with Gasteiger partial charge in [-0.3, -0.25) is 0 Å². The van der Waals surface area contributed by atoms with Crippen molar-refractivity contribution < 1.29 is 8.85 Å². The molecule has 0 fully saturated rings. The van der Waals surface area contributed by atoms with E-state index in [2.05, 4.69) is 88.4 Å². The molecule has 0 amide bonds. The molecule has 2 aromatic carbocycles. The van der Waals surface area contributed by atoms with E-state index in [4.69, 9.17) is 8.85 Å². The van der Waals surface area contributed by atoms with Crippen molar-refractivity contribution in [2.75, 3.05) is 6.61 Å². The summed E-state index contributed by atoms with van der Waals surface area (Å²) < 4.78 is 13.7. The standard InChI is InChI=1S/C29H46O2Si/c1-5-6-7-8-9-10-11-12-13-20-25-30-32(31-27(4)26(2)3,28-21-16-14-17-22-28)29-23-18-15-19-24-29/h14-19,21-24,26-27H,5-13,20,25H2,1-4H3. The lowest BCUT2D eigenvalue weighted by Gasteiger charge is -2.35. The van der Waals surface area contributed by atoms with Crippen LogP contribution in [0.4, 0.5) is 0 Å². The van der Waals surface area contributed by atoms with E-state index in [-0.39, 0.29) is 6.10 Å². The minimum atomic E-state index is -2.77. The van der Waals surface area contributed by atoms with Crippen LogP contribution in [-0.2, 0) is 8.85 Å². The molecule has 0 aliphatic heterocycles. The lowest BCUT2D eigenvalue weighted by molar-refractivity contribution is 0.109. The maximum Gasteiger partial charge on any atom is 0.407 e. The molecule has 2 aromatic rings. The van der Waals surface area contributed by atoms with Crippen molar-refractivity contribution in [1.29, 1.82) is 0 Å². The fourth-order valence-electron chi connectivity index (χ4n) is 4.02. The van der Waals surface area contributed by atoms with Crippen LogP contribution in [0.1, 0.15) is 91.9 Å². The molecule has 178 valence electrons. The number of hydrogen-bond donors (Lipinski definition) is 0.